The molecule has 0 atom stereocenters. The number of para-hydroxylation sites is 1. The number of ether oxygens (including phenoxy) is 1. The summed E-state index contributed by atoms with van der Waals surface area (Å²) in [6.07, 6.45) is 0.528. The lowest BCUT2D eigenvalue weighted by molar-refractivity contribution is 0.410. The van der Waals surface area contributed by atoms with Crippen LogP contribution in [0.25, 0.3) is 20.7 Å². The molecule has 0 radical (unpaired) electrons. The summed E-state index contributed by atoms with van der Waals surface area (Å²) in [7, 11) is 1.65. The van der Waals surface area contributed by atoms with Gasteiger partial charge in [0.25, 0.3) is 5.56 Å². The second-order valence-corrected chi connectivity index (χ2v) is 7.84. The number of rotatable bonds is 4. The fraction of sp³-hybridized carbons (Fsp3) is 0.158. The first-order valence-corrected chi connectivity index (χ1v) is 9.55. The SMILES string of the molecule is COc1ccccc1Cc1nc2sc(C)c(-c3cccs3)c2c(=O)[nH]1. The molecule has 0 spiro atoms. The Morgan fingerprint density at radius 2 is 2.04 bits per heavy atom. The average Bonchev–Trinajstić information content (AvgIpc) is 3.22. The number of nitrogens with zero attached hydrogens (tertiary/aromatic N) is 1. The van der Waals surface area contributed by atoms with Crippen molar-refractivity contribution in [2.45, 2.75) is 13.3 Å². The molecule has 4 rings (SSSR count). The summed E-state index contributed by atoms with van der Waals surface area (Å²) >= 11 is 3.21. The smallest absolute Gasteiger partial charge is 0.260 e. The summed E-state index contributed by atoms with van der Waals surface area (Å²) in [6, 6.07) is 11.8. The molecule has 0 saturated carbocycles. The fourth-order valence-electron chi connectivity index (χ4n) is 2.99. The van der Waals surface area contributed by atoms with E-state index in [2.05, 4.69) is 4.98 Å². The summed E-state index contributed by atoms with van der Waals surface area (Å²) in [5.41, 5.74) is 1.93. The third-order valence-electron chi connectivity index (χ3n) is 4.11. The molecule has 0 amide bonds. The maximum absolute atomic E-state index is 12.8. The largest absolute Gasteiger partial charge is 0.496 e. The van der Waals surface area contributed by atoms with E-state index in [-0.39, 0.29) is 5.56 Å². The lowest BCUT2D eigenvalue weighted by Gasteiger charge is -2.07. The Hall–Kier alpha value is -2.44. The van der Waals surface area contributed by atoms with Crippen molar-refractivity contribution in [1.82, 2.24) is 9.97 Å². The Kier molecular flexibility index (Phi) is 4.15. The zero-order valence-electron chi connectivity index (χ0n) is 13.8. The number of methoxy groups -OCH3 is 1. The molecule has 4 aromatic rings. The molecular formula is C19H16N2O2S2. The highest BCUT2D eigenvalue weighted by molar-refractivity contribution is 7.20. The highest BCUT2D eigenvalue weighted by atomic mass is 32.1. The summed E-state index contributed by atoms with van der Waals surface area (Å²) in [5.74, 6) is 1.45. The monoisotopic (exact) mass is 368 g/mol. The minimum atomic E-state index is -0.0809. The maximum atomic E-state index is 12.8. The van der Waals surface area contributed by atoms with Crippen LogP contribution in [0, 0.1) is 6.92 Å². The van der Waals surface area contributed by atoms with Crippen LogP contribution in [0.4, 0.5) is 0 Å². The predicted octanol–water partition coefficient (Wildman–Crippen LogP) is 4.62. The van der Waals surface area contributed by atoms with E-state index in [9.17, 15) is 4.79 Å². The van der Waals surface area contributed by atoms with Crippen LogP contribution in [0.1, 0.15) is 16.3 Å². The van der Waals surface area contributed by atoms with Gasteiger partial charge in [0.1, 0.15) is 16.4 Å². The molecule has 0 aliphatic carbocycles. The van der Waals surface area contributed by atoms with Crippen LogP contribution < -0.4 is 10.3 Å². The van der Waals surface area contributed by atoms with Crippen molar-refractivity contribution >= 4 is 32.9 Å². The molecule has 0 aliphatic heterocycles. The van der Waals surface area contributed by atoms with Crippen molar-refractivity contribution in [1.29, 1.82) is 0 Å². The molecule has 6 heteroatoms. The van der Waals surface area contributed by atoms with Crippen LogP contribution in [0.2, 0.25) is 0 Å². The van der Waals surface area contributed by atoms with Gasteiger partial charge in [0.2, 0.25) is 0 Å². The fourth-order valence-corrected chi connectivity index (χ4v) is 4.95. The van der Waals surface area contributed by atoms with Crippen molar-refractivity contribution in [3.63, 3.8) is 0 Å². The second kappa shape index (κ2) is 6.46. The maximum Gasteiger partial charge on any atom is 0.260 e. The molecule has 0 saturated heterocycles. The number of hydrogen-bond donors (Lipinski definition) is 1. The number of aromatic amines is 1. The molecule has 3 aromatic heterocycles. The lowest BCUT2D eigenvalue weighted by Crippen LogP contribution is -2.12. The van der Waals surface area contributed by atoms with E-state index in [0.29, 0.717) is 17.6 Å². The molecule has 1 N–H and O–H groups in total. The van der Waals surface area contributed by atoms with Crippen LogP contribution in [-0.4, -0.2) is 17.1 Å². The molecule has 126 valence electrons. The van der Waals surface area contributed by atoms with E-state index >= 15 is 0 Å². The number of H-pyrrole nitrogens is 1. The van der Waals surface area contributed by atoms with E-state index in [0.717, 1.165) is 31.5 Å². The summed E-state index contributed by atoms with van der Waals surface area (Å²) in [4.78, 5) is 23.4. The van der Waals surface area contributed by atoms with Gasteiger partial charge in [-0.3, -0.25) is 4.79 Å². The summed E-state index contributed by atoms with van der Waals surface area (Å²) in [6.45, 7) is 2.04. The van der Waals surface area contributed by atoms with Gasteiger partial charge in [0.15, 0.2) is 0 Å². The van der Waals surface area contributed by atoms with Gasteiger partial charge < -0.3 is 9.72 Å². The molecule has 3 heterocycles. The Morgan fingerprint density at radius 1 is 1.20 bits per heavy atom. The van der Waals surface area contributed by atoms with Crippen LogP contribution in [0.3, 0.4) is 0 Å². The third kappa shape index (κ3) is 2.88. The van der Waals surface area contributed by atoms with Crippen molar-refractivity contribution in [3.8, 4) is 16.2 Å². The lowest BCUT2D eigenvalue weighted by atomic mass is 10.1. The summed E-state index contributed by atoms with van der Waals surface area (Å²) < 4.78 is 5.39. The predicted molar refractivity (Wildman–Crippen MR) is 104 cm³/mol. The number of thiophene rings is 2. The quantitative estimate of drug-likeness (QED) is 0.572. The third-order valence-corrected chi connectivity index (χ3v) is 5.99. The van der Waals surface area contributed by atoms with E-state index in [1.165, 1.54) is 0 Å². The number of hydrogen-bond acceptors (Lipinski definition) is 5. The first-order valence-electron chi connectivity index (χ1n) is 7.85. The zero-order valence-corrected chi connectivity index (χ0v) is 15.5. The van der Waals surface area contributed by atoms with Gasteiger partial charge >= 0.3 is 0 Å². The van der Waals surface area contributed by atoms with Gasteiger partial charge in [0, 0.05) is 27.3 Å². The second-order valence-electron chi connectivity index (χ2n) is 5.69. The highest BCUT2D eigenvalue weighted by Gasteiger charge is 2.17. The standard InChI is InChI=1S/C19H16N2O2S2/c1-11-16(14-8-5-9-24-14)17-18(22)20-15(21-19(17)25-11)10-12-6-3-4-7-13(12)23-2/h3-9H,10H2,1-2H3,(H,20,21,22). The van der Waals surface area contributed by atoms with E-state index in [4.69, 9.17) is 9.72 Å². The molecule has 25 heavy (non-hydrogen) atoms. The van der Waals surface area contributed by atoms with Crippen LogP contribution >= 0.6 is 22.7 Å². The van der Waals surface area contributed by atoms with Gasteiger partial charge in [0.05, 0.1) is 12.5 Å². The number of fused-ring (bicyclic) bond motifs is 1. The van der Waals surface area contributed by atoms with E-state index in [1.54, 1.807) is 29.8 Å². The number of nitrogens with one attached hydrogen (secondary N) is 1. The van der Waals surface area contributed by atoms with Gasteiger partial charge in [-0.2, -0.15) is 0 Å². The Balaban J connectivity index is 1.83. The van der Waals surface area contributed by atoms with Crippen molar-refractivity contribution < 1.29 is 4.74 Å². The Bertz CT molecular complexity index is 1090. The molecule has 4 nitrogen and oxygen atoms in total. The Morgan fingerprint density at radius 3 is 2.80 bits per heavy atom. The topological polar surface area (TPSA) is 55.0 Å². The minimum absolute atomic E-state index is 0.0809. The average molecular weight is 368 g/mol. The normalized spacial score (nSPS) is 11.1. The van der Waals surface area contributed by atoms with Gasteiger partial charge in [-0.15, -0.1) is 22.7 Å². The van der Waals surface area contributed by atoms with Crippen molar-refractivity contribution in [2.24, 2.45) is 0 Å². The highest BCUT2D eigenvalue weighted by Crippen LogP contribution is 2.37. The van der Waals surface area contributed by atoms with E-state index < -0.39 is 0 Å². The molecular weight excluding hydrogens is 352 g/mol. The Labute approximate surface area is 152 Å². The van der Waals surface area contributed by atoms with Crippen LogP contribution in [-0.2, 0) is 6.42 Å². The van der Waals surface area contributed by atoms with Crippen LogP contribution in [0.15, 0.2) is 46.6 Å². The number of aromatic nitrogens is 2. The van der Waals surface area contributed by atoms with Crippen LogP contribution in [0.5, 0.6) is 5.75 Å². The van der Waals surface area contributed by atoms with E-state index in [1.807, 2.05) is 48.7 Å². The van der Waals surface area contributed by atoms with Gasteiger partial charge in [-0.1, -0.05) is 24.3 Å². The molecule has 1 aromatic carbocycles. The van der Waals surface area contributed by atoms with Crippen molar-refractivity contribution in [2.75, 3.05) is 7.11 Å². The number of benzene rings is 1. The molecule has 0 aliphatic rings. The zero-order chi connectivity index (χ0) is 17.4. The summed E-state index contributed by atoms with van der Waals surface area (Å²) in [5, 5.41) is 2.71. The first-order chi connectivity index (χ1) is 12.2. The number of aryl methyl sites for hydroxylation is 1. The first kappa shape index (κ1) is 16.1. The van der Waals surface area contributed by atoms with Crippen molar-refractivity contribution in [3.05, 3.63) is 68.4 Å². The molecule has 0 fully saturated rings. The van der Waals surface area contributed by atoms with Gasteiger partial charge in [-0.25, -0.2) is 4.98 Å². The molecule has 0 unspecified atom stereocenters. The molecule has 0 bridgehead atoms. The minimum Gasteiger partial charge on any atom is -0.496 e. The van der Waals surface area contributed by atoms with Gasteiger partial charge in [-0.05, 0) is 24.4 Å².